The van der Waals surface area contributed by atoms with Gasteiger partial charge in [0, 0.05) is 146 Å². The van der Waals surface area contributed by atoms with Gasteiger partial charge in [-0.1, -0.05) is 0 Å². The van der Waals surface area contributed by atoms with Crippen molar-refractivity contribution in [2.45, 2.75) is 0 Å². The van der Waals surface area contributed by atoms with Crippen LogP contribution in [0.4, 0.5) is 0 Å². The Morgan fingerprint density at radius 3 is 1.11 bits per heavy atom. The molecule has 0 heterocycles. The molecule has 0 bridgehead atoms. The Balaban J connectivity index is -0.00000000133. The minimum atomic E-state index is 0. The van der Waals surface area contributed by atoms with Crippen LogP contribution in [-0.2, 0) is 94.0 Å². The molecule has 0 aliphatic carbocycles. The molecule has 0 rings (SSSR count). The number of hydrogen-bond acceptors (Lipinski definition) is 0. The third kappa shape index (κ3) is 56.7. The Kier molecular flexibility index (Phi) is 250. The van der Waals surface area contributed by atoms with Crippen LogP contribution >= 0.6 is 20.2 Å². The first-order valence-corrected chi connectivity index (χ1v) is 3.31. The van der Waals surface area contributed by atoms with Crippen molar-refractivity contribution in [1.82, 2.24) is 0 Å². The van der Waals surface area contributed by atoms with Crippen LogP contribution in [0.2, 0.25) is 0 Å². The summed E-state index contributed by atoms with van der Waals surface area (Å²) >= 11 is 0.194. The fourth-order valence-electron chi connectivity index (χ4n) is 0. The predicted molar refractivity (Wildman–Crippen MR) is 23.2 cm³/mol. The summed E-state index contributed by atoms with van der Waals surface area (Å²) in [6.45, 7) is 0. The van der Waals surface area contributed by atoms with E-state index in [1.807, 2.05) is 0 Å². The molecule has 8 radical (unpaired) electrons. The summed E-state index contributed by atoms with van der Waals surface area (Å²) in [5.41, 5.74) is 0. The maximum Gasteiger partial charge on any atom is 0 e. The molecule has 0 unspecified atom stereocenters. The van der Waals surface area contributed by atoms with Crippen LogP contribution in [0.5, 0.6) is 0 Å². The van der Waals surface area contributed by atoms with Gasteiger partial charge in [-0.25, -0.2) is 0 Å². The molecule has 0 saturated heterocycles. The van der Waals surface area contributed by atoms with Crippen molar-refractivity contribution < 1.29 is 94.0 Å². The van der Waals surface area contributed by atoms with Crippen LogP contribution in [0.1, 0.15) is 0 Å². The topological polar surface area (TPSA) is 0 Å². The van der Waals surface area contributed by atoms with Gasteiger partial charge in [0.05, 0.1) is 0 Å². The summed E-state index contributed by atoms with van der Waals surface area (Å²) in [4.78, 5) is 0. The predicted octanol–water partition coefficient (Wildman–Crippen LogP) is 0.605. The third-order valence-corrected chi connectivity index (χ3v) is 0. The first-order chi connectivity index (χ1) is 1.41. The summed E-state index contributed by atoms with van der Waals surface area (Å²) in [7, 11) is 9.53. The van der Waals surface area contributed by atoms with Gasteiger partial charge in [0.25, 0.3) is 0 Å². The van der Waals surface area contributed by atoms with E-state index in [9.17, 15) is 0 Å². The van der Waals surface area contributed by atoms with E-state index in [1.165, 1.54) is 0 Å². The van der Waals surface area contributed by atoms with E-state index in [2.05, 4.69) is 0 Å². The zero-order valence-corrected chi connectivity index (χ0v) is 22.2. The molecule has 0 nitrogen and oxygen atoms in total. The van der Waals surface area contributed by atoms with Gasteiger partial charge in [0.15, 0.2) is 0 Å². The smallest absolute Gasteiger partial charge is 0 e. The molecule has 0 aromatic carbocycles. The van der Waals surface area contributed by atoms with E-state index in [-0.39, 0.29) is 159 Å². The maximum atomic E-state index is 4.76. The van der Waals surface area contributed by atoms with Crippen molar-refractivity contribution in [3.8, 4) is 0 Å². The summed E-state index contributed by atoms with van der Waals surface area (Å²) in [6.07, 6.45) is 0. The minimum Gasteiger partial charge on any atom is 0 e. The van der Waals surface area contributed by atoms with Gasteiger partial charge in [-0.05, 0) is 0 Å². The molecular weight excluding hydrogens is 670 g/mol. The molecule has 9 heavy (non-hydrogen) atoms. The zero-order valence-electron chi connectivity index (χ0n) is 4.41. The molecule has 0 aromatic heterocycles. The van der Waals surface area contributed by atoms with Crippen molar-refractivity contribution in [3.05, 3.63) is 0 Å². The third-order valence-electron chi connectivity index (χ3n) is 0. The molecule has 0 aromatic rings. The molecule has 0 aliphatic rings. The van der Waals surface area contributed by atoms with E-state index in [0.29, 0.717) is 0 Å². The molecule has 0 aliphatic heterocycles. The summed E-state index contributed by atoms with van der Waals surface area (Å²) in [5, 5.41) is 0. The second-order valence-electron chi connectivity index (χ2n) is 0.0505. The van der Waals surface area contributed by atoms with Gasteiger partial charge in [0.2, 0.25) is 0 Å². The Hall–Kier alpha value is 5.87. The Bertz CT molecular complexity index is 26.5. The van der Waals surface area contributed by atoms with Crippen LogP contribution in [-0.4, -0.2) is 65.0 Å². The average Bonchev–Trinajstić information content (AvgIpc) is 0.918. The molecule has 0 spiro atoms. The summed E-state index contributed by atoms with van der Waals surface area (Å²) in [6, 6.07) is 0. The summed E-state index contributed by atoms with van der Waals surface area (Å²) < 4.78 is 0. The van der Waals surface area contributed by atoms with Gasteiger partial charge in [-0.2, -0.15) is 0 Å². The van der Waals surface area contributed by atoms with Gasteiger partial charge in [-0.15, -0.1) is 0 Å². The van der Waals surface area contributed by atoms with Gasteiger partial charge in [0.1, 0.15) is 0 Å². The zero-order chi connectivity index (χ0) is 2.71. The normalized spacial score (nSPS) is 2.44. The number of hydrogen-bond donors (Lipinski definition) is 0. The van der Waals surface area contributed by atoms with Crippen molar-refractivity contribution in [2.75, 3.05) is 0 Å². The van der Waals surface area contributed by atoms with Crippen molar-refractivity contribution in [3.63, 3.8) is 0 Å². The second kappa shape index (κ2) is 48.7. The van der Waals surface area contributed by atoms with E-state index in [0.717, 1.165) is 0 Å². The molecule has 0 saturated carbocycles. The van der Waals surface area contributed by atoms with Crippen LogP contribution in [0, 0.1) is 0 Å². The molecule has 0 fully saturated rings. The quantitative estimate of drug-likeness (QED) is 0.332. The first-order valence-electron chi connectivity index (χ1n) is 0.267. The average molecular weight is 670 g/mol. The molecular formula is CaCdCl2CuFeMnPbZn. The van der Waals surface area contributed by atoms with Gasteiger partial charge in [-0.3, -0.25) is 0 Å². The van der Waals surface area contributed by atoms with Crippen LogP contribution in [0.25, 0.3) is 0 Å². The number of halogens is 2. The van der Waals surface area contributed by atoms with E-state index >= 15 is 0 Å². The van der Waals surface area contributed by atoms with Crippen LogP contribution < -0.4 is 0 Å². The SMILES string of the molecule is [Ca].[Cd].[Cl][Fe][Cl].[Cu].[Mn].[Pb].[Zn]. The fraction of sp³-hybridized carbons (Fsp3) is 0. The van der Waals surface area contributed by atoms with Gasteiger partial charge < -0.3 is 0 Å². The second-order valence-corrected chi connectivity index (χ2v) is 1.87. The first kappa shape index (κ1) is 46.2. The van der Waals surface area contributed by atoms with Crippen molar-refractivity contribution >= 4 is 85.2 Å². The van der Waals surface area contributed by atoms with E-state index in [4.69, 9.17) is 20.2 Å². The maximum absolute atomic E-state index is 4.76. The largest absolute Gasteiger partial charge is 0 e. The summed E-state index contributed by atoms with van der Waals surface area (Å²) in [5.74, 6) is 0. The minimum absolute atomic E-state index is 0. The van der Waals surface area contributed by atoms with E-state index in [1.54, 1.807) is 0 Å². The molecule has 50 valence electrons. The monoisotopic (exact) mass is 670 g/mol. The molecule has 0 amide bonds. The van der Waals surface area contributed by atoms with Crippen molar-refractivity contribution in [2.24, 2.45) is 0 Å². The Labute approximate surface area is 174 Å². The molecule has 9 heteroatoms. The molecule has 0 N–H and O–H groups in total. The Morgan fingerprint density at radius 1 is 1.11 bits per heavy atom. The van der Waals surface area contributed by atoms with Crippen molar-refractivity contribution in [1.29, 1.82) is 0 Å². The number of rotatable bonds is 0. The van der Waals surface area contributed by atoms with E-state index < -0.39 is 0 Å². The fourth-order valence-corrected chi connectivity index (χ4v) is 0. The molecule has 0 atom stereocenters. The standard InChI is InChI=1S/Ca.Cd.2ClH.Cu.Fe.Mn.Pb.Zn/h;;2*1H;;;;;/q;;;;;+2;;;/p-2. The van der Waals surface area contributed by atoms with Crippen LogP contribution in [0.15, 0.2) is 0 Å². The Morgan fingerprint density at radius 2 is 1.11 bits per heavy atom. The van der Waals surface area contributed by atoms with Gasteiger partial charge >= 0.3 is 33.3 Å². The van der Waals surface area contributed by atoms with Crippen LogP contribution in [0.3, 0.4) is 0 Å².